The van der Waals surface area contributed by atoms with E-state index < -0.39 is 16.9 Å². The van der Waals surface area contributed by atoms with Gasteiger partial charge >= 0.3 is 6.03 Å². The fraction of sp³-hybridized carbons (Fsp3) is 0.562. The van der Waals surface area contributed by atoms with Crippen LogP contribution in [0.5, 0.6) is 5.75 Å². The number of carbonyl (C=O) groups excluding carboxylic acids is 1. The molecule has 0 aliphatic heterocycles. The molecule has 0 aliphatic rings. The maximum absolute atomic E-state index is 11.8. The van der Waals surface area contributed by atoms with Crippen molar-refractivity contribution in [3.8, 4) is 5.75 Å². The highest BCUT2D eigenvalue weighted by molar-refractivity contribution is 7.86. The lowest BCUT2D eigenvalue weighted by molar-refractivity contribution is 0.173. The SMILES string of the molecule is COc1ccc([C@H](O)CNC(=O)NCC[S@](=O)C(C)(C)C)cc1. The summed E-state index contributed by atoms with van der Waals surface area (Å²) >= 11 is 0. The van der Waals surface area contributed by atoms with Gasteiger partial charge in [-0.15, -0.1) is 0 Å². The molecule has 7 heteroatoms. The minimum absolute atomic E-state index is 0.0977. The number of aliphatic hydroxyl groups excluding tert-OH is 1. The Hall–Kier alpha value is -1.60. The van der Waals surface area contributed by atoms with Gasteiger partial charge in [-0.2, -0.15) is 0 Å². The molecule has 0 saturated heterocycles. The van der Waals surface area contributed by atoms with E-state index in [-0.39, 0.29) is 17.3 Å². The second-order valence-electron chi connectivity index (χ2n) is 6.09. The van der Waals surface area contributed by atoms with Crippen LogP contribution in [0.15, 0.2) is 24.3 Å². The first-order valence-electron chi connectivity index (χ1n) is 7.46. The third kappa shape index (κ3) is 7.00. The Kier molecular flexibility index (Phi) is 7.51. The molecule has 1 rings (SSSR count). The van der Waals surface area contributed by atoms with Gasteiger partial charge in [-0.3, -0.25) is 4.21 Å². The predicted molar refractivity (Wildman–Crippen MR) is 92.1 cm³/mol. The Morgan fingerprint density at radius 2 is 1.87 bits per heavy atom. The molecule has 1 aromatic carbocycles. The lowest BCUT2D eigenvalue weighted by Gasteiger charge is -2.18. The second-order valence-corrected chi connectivity index (χ2v) is 8.41. The number of amides is 2. The largest absolute Gasteiger partial charge is 0.497 e. The Labute approximate surface area is 140 Å². The van der Waals surface area contributed by atoms with Crippen molar-refractivity contribution in [2.24, 2.45) is 0 Å². The maximum atomic E-state index is 11.8. The molecule has 2 amide bonds. The predicted octanol–water partition coefficient (Wildman–Crippen LogP) is 1.57. The number of hydrogen-bond acceptors (Lipinski definition) is 4. The standard InChI is InChI=1S/C16H26N2O4S/c1-16(2,3)23(21)10-9-17-15(20)18-11-14(19)12-5-7-13(22-4)8-6-12/h5-8,14,19H,9-11H2,1-4H3,(H2,17,18,20)/t14-,23+/m1/s1. The Morgan fingerprint density at radius 3 is 2.39 bits per heavy atom. The van der Waals surface area contributed by atoms with E-state index in [1.165, 1.54) is 0 Å². The number of benzene rings is 1. The summed E-state index contributed by atoms with van der Waals surface area (Å²) < 4.78 is 16.6. The van der Waals surface area contributed by atoms with Crippen molar-refractivity contribution in [3.05, 3.63) is 29.8 Å². The minimum Gasteiger partial charge on any atom is -0.497 e. The molecule has 2 atom stereocenters. The highest BCUT2D eigenvalue weighted by atomic mass is 32.2. The normalized spacial score (nSPS) is 14.0. The molecule has 0 aromatic heterocycles. The average Bonchev–Trinajstić information content (AvgIpc) is 2.51. The van der Waals surface area contributed by atoms with Crippen LogP contribution in [0.4, 0.5) is 4.79 Å². The average molecular weight is 342 g/mol. The first kappa shape index (κ1) is 19.4. The summed E-state index contributed by atoms with van der Waals surface area (Å²) in [5.74, 6) is 1.11. The smallest absolute Gasteiger partial charge is 0.314 e. The van der Waals surface area contributed by atoms with E-state index in [9.17, 15) is 14.1 Å². The van der Waals surface area contributed by atoms with Crippen molar-refractivity contribution >= 4 is 16.8 Å². The quantitative estimate of drug-likeness (QED) is 0.702. The summed E-state index contributed by atoms with van der Waals surface area (Å²) in [6.45, 7) is 6.12. The lowest BCUT2D eigenvalue weighted by Crippen LogP contribution is -2.40. The van der Waals surface area contributed by atoms with Gasteiger partial charge < -0.3 is 20.5 Å². The number of ether oxygens (including phenoxy) is 1. The van der Waals surface area contributed by atoms with Gasteiger partial charge in [-0.25, -0.2) is 4.79 Å². The zero-order valence-electron chi connectivity index (χ0n) is 14.1. The molecule has 0 saturated carbocycles. The third-order valence-electron chi connectivity index (χ3n) is 3.21. The zero-order chi connectivity index (χ0) is 17.5. The molecular formula is C16H26N2O4S. The Balaban J connectivity index is 2.31. The van der Waals surface area contributed by atoms with Crippen molar-refractivity contribution in [3.63, 3.8) is 0 Å². The molecule has 0 radical (unpaired) electrons. The maximum Gasteiger partial charge on any atom is 0.314 e. The first-order chi connectivity index (χ1) is 10.7. The third-order valence-corrected chi connectivity index (χ3v) is 5.15. The number of methoxy groups -OCH3 is 1. The van der Waals surface area contributed by atoms with Crippen molar-refractivity contribution in [1.29, 1.82) is 0 Å². The van der Waals surface area contributed by atoms with Gasteiger partial charge in [0.25, 0.3) is 0 Å². The van der Waals surface area contributed by atoms with E-state index in [2.05, 4.69) is 10.6 Å². The summed E-state index contributed by atoms with van der Waals surface area (Å²) in [6.07, 6.45) is -0.796. The van der Waals surface area contributed by atoms with Gasteiger partial charge in [0.2, 0.25) is 0 Å². The van der Waals surface area contributed by atoms with Gasteiger partial charge in [0, 0.05) is 34.4 Å². The second kappa shape index (κ2) is 8.88. The summed E-state index contributed by atoms with van der Waals surface area (Å²) in [5, 5.41) is 15.2. The minimum atomic E-state index is -1.00. The van der Waals surface area contributed by atoms with E-state index in [4.69, 9.17) is 4.74 Å². The lowest BCUT2D eigenvalue weighted by atomic mass is 10.1. The molecule has 130 valence electrons. The molecule has 1 aromatic rings. The Morgan fingerprint density at radius 1 is 1.26 bits per heavy atom. The van der Waals surface area contributed by atoms with Crippen LogP contribution in [-0.2, 0) is 10.8 Å². The van der Waals surface area contributed by atoms with Gasteiger partial charge in [-0.05, 0) is 38.5 Å². The number of nitrogens with one attached hydrogen (secondary N) is 2. The molecule has 6 nitrogen and oxygen atoms in total. The molecule has 0 unspecified atom stereocenters. The Bertz CT molecular complexity index is 526. The van der Waals surface area contributed by atoms with Crippen LogP contribution in [0.25, 0.3) is 0 Å². The van der Waals surface area contributed by atoms with Crippen LogP contribution in [-0.4, -0.2) is 46.0 Å². The van der Waals surface area contributed by atoms with Crippen molar-refractivity contribution in [2.75, 3.05) is 26.0 Å². The van der Waals surface area contributed by atoms with Crippen LogP contribution in [0.3, 0.4) is 0 Å². The highest BCUT2D eigenvalue weighted by Gasteiger charge is 2.19. The number of rotatable bonds is 7. The molecule has 0 heterocycles. The van der Waals surface area contributed by atoms with Gasteiger partial charge in [0.1, 0.15) is 5.75 Å². The van der Waals surface area contributed by atoms with Crippen molar-refractivity contribution in [2.45, 2.75) is 31.6 Å². The number of aliphatic hydroxyl groups is 1. The van der Waals surface area contributed by atoms with Crippen LogP contribution < -0.4 is 15.4 Å². The number of carbonyl (C=O) groups is 1. The van der Waals surface area contributed by atoms with E-state index >= 15 is 0 Å². The van der Waals surface area contributed by atoms with E-state index in [0.29, 0.717) is 23.6 Å². The van der Waals surface area contributed by atoms with Gasteiger partial charge in [0.05, 0.1) is 13.2 Å². The van der Waals surface area contributed by atoms with Gasteiger partial charge in [0.15, 0.2) is 0 Å². The fourth-order valence-electron chi connectivity index (χ4n) is 1.76. The van der Waals surface area contributed by atoms with Crippen molar-refractivity contribution < 1.29 is 18.8 Å². The van der Waals surface area contributed by atoms with E-state index in [0.717, 1.165) is 0 Å². The fourth-order valence-corrected chi connectivity index (χ4v) is 2.66. The monoisotopic (exact) mass is 342 g/mol. The van der Waals surface area contributed by atoms with Crippen LogP contribution >= 0.6 is 0 Å². The topological polar surface area (TPSA) is 87.7 Å². The van der Waals surface area contributed by atoms with Crippen molar-refractivity contribution in [1.82, 2.24) is 10.6 Å². The molecule has 0 aliphatic carbocycles. The molecule has 0 spiro atoms. The van der Waals surface area contributed by atoms with E-state index in [1.54, 1.807) is 31.4 Å². The number of urea groups is 1. The zero-order valence-corrected chi connectivity index (χ0v) is 14.9. The molecule has 0 fully saturated rings. The summed E-state index contributed by atoms with van der Waals surface area (Å²) in [5.41, 5.74) is 0.694. The highest BCUT2D eigenvalue weighted by Crippen LogP contribution is 2.16. The molecular weight excluding hydrogens is 316 g/mol. The number of hydrogen-bond donors (Lipinski definition) is 3. The summed E-state index contributed by atoms with van der Waals surface area (Å²) in [7, 11) is 0.570. The van der Waals surface area contributed by atoms with Crippen LogP contribution in [0.1, 0.15) is 32.4 Å². The van der Waals surface area contributed by atoms with Crippen LogP contribution in [0, 0.1) is 0 Å². The molecule has 0 bridgehead atoms. The summed E-state index contributed by atoms with van der Waals surface area (Å²) in [6, 6.07) is 6.61. The summed E-state index contributed by atoms with van der Waals surface area (Å²) in [4.78, 5) is 11.7. The van der Waals surface area contributed by atoms with Crippen LogP contribution in [0.2, 0.25) is 0 Å². The molecule has 3 N–H and O–H groups in total. The van der Waals surface area contributed by atoms with E-state index in [1.807, 2.05) is 20.8 Å². The van der Waals surface area contributed by atoms with Gasteiger partial charge in [-0.1, -0.05) is 12.1 Å². The molecule has 23 heavy (non-hydrogen) atoms. The first-order valence-corrected chi connectivity index (χ1v) is 8.78.